The number of nitrogens with zero attached hydrogens (tertiary/aromatic N) is 2. The number of hydrogen-bond acceptors (Lipinski definition) is 3. The summed E-state index contributed by atoms with van der Waals surface area (Å²) in [6.45, 7) is 8.43. The molecule has 112 valence electrons. The van der Waals surface area contributed by atoms with E-state index in [1.807, 2.05) is 39.8 Å². The first kappa shape index (κ1) is 15.4. The van der Waals surface area contributed by atoms with E-state index in [9.17, 15) is 9.90 Å². The van der Waals surface area contributed by atoms with Crippen molar-refractivity contribution in [1.29, 1.82) is 0 Å². The fraction of sp³-hybridized carbons (Fsp3) is 0.412. The lowest BCUT2D eigenvalue weighted by molar-refractivity contribution is 0.277. The number of hydrogen-bond donors (Lipinski definition) is 1. The van der Waals surface area contributed by atoms with E-state index in [4.69, 9.17) is 0 Å². The van der Waals surface area contributed by atoms with Gasteiger partial charge in [-0.15, -0.1) is 0 Å². The summed E-state index contributed by atoms with van der Waals surface area (Å²) < 4.78 is 1.46. The topological polar surface area (TPSA) is 55.1 Å². The number of benzene rings is 1. The summed E-state index contributed by atoms with van der Waals surface area (Å²) in [4.78, 5) is 12.2. The number of aliphatic hydroxyl groups is 1. The molecule has 1 N–H and O–H groups in total. The molecule has 0 saturated heterocycles. The second-order valence-corrected chi connectivity index (χ2v) is 5.91. The molecule has 4 nitrogen and oxygen atoms in total. The first-order valence-electron chi connectivity index (χ1n) is 7.22. The van der Waals surface area contributed by atoms with Crippen LogP contribution in [0, 0.1) is 19.8 Å². The van der Waals surface area contributed by atoms with E-state index in [0.717, 1.165) is 16.8 Å². The molecule has 2 aromatic rings. The molecule has 0 bridgehead atoms. The lowest BCUT2D eigenvalue weighted by Gasteiger charge is -2.13. The minimum Gasteiger partial charge on any atom is -0.391 e. The van der Waals surface area contributed by atoms with Crippen molar-refractivity contribution in [2.45, 2.75) is 40.8 Å². The molecule has 2 rings (SSSR count). The van der Waals surface area contributed by atoms with Gasteiger partial charge in [0.05, 0.1) is 12.3 Å². The fourth-order valence-corrected chi connectivity index (χ4v) is 2.41. The Bertz CT molecular complexity index is 702. The molecule has 4 heteroatoms. The van der Waals surface area contributed by atoms with E-state index in [-0.39, 0.29) is 12.2 Å². The van der Waals surface area contributed by atoms with Crippen LogP contribution in [-0.4, -0.2) is 14.9 Å². The lowest BCUT2D eigenvalue weighted by Crippen LogP contribution is -2.28. The van der Waals surface area contributed by atoms with Crippen molar-refractivity contribution in [3.05, 3.63) is 51.3 Å². The summed E-state index contributed by atoms with van der Waals surface area (Å²) in [5.74, 6) is 0.316. The largest absolute Gasteiger partial charge is 0.391 e. The monoisotopic (exact) mass is 286 g/mol. The number of aryl methyl sites for hydroxylation is 2. The van der Waals surface area contributed by atoms with Crippen LogP contribution in [-0.2, 0) is 13.2 Å². The molecule has 21 heavy (non-hydrogen) atoms. The Kier molecular flexibility index (Phi) is 4.58. The van der Waals surface area contributed by atoms with Crippen molar-refractivity contribution in [1.82, 2.24) is 9.78 Å². The SMILES string of the molecule is Cc1ccc(-c2cc(CO)c(=O)n(CC(C)C)n2)c(C)c1. The summed E-state index contributed by atoms with van der Waals surface area (Å²) in [7, 11) is 0. The Morgan fingerprint density at radius 2 is 1.95 bits per heavy atom. The van der Waals surface area contributed by atoms with Gasteiger partial charge in [0.25, 0.3) is 5.56 Å². The van der Waals surface area contributed by atoms with Gasteiger partial charge in [-0.2, -0.15) is 5.10 Å². The van der Waals surface area contributed by atoms with E-state index in [1.165, 1.54) is 10.2 Å². The van der Waals surface area contributed by atoms with E-state index in [0.29, 0.717) is 18.0 Å². The van der Waals surface area contributed by atoms with Gasteiger partial charge in [0, 0.05) is 17.7 Å². The van der Waals surface area contributed by atoms with Crippen LogP contribution < -0.4 is 5.56 Å². The summed E-state index contributed by atoms with van der Waals surface area (Å²) in [6.07, 6.45) is 0. The molecule has 0 atom stereocenters. The van der Waals surface area contributed by atoms with Crippen LogP contribution in [0.15, 0.2) is 29.1 Å². The average molecular weight is 286 g/mol. The van der Waals surface area contributed by atoms with Crippen molar-refractivity contribution < 1.29 is 5.11 Å². The van der Waals surface area contributed by atoms with Gasteiger partial charge in [0.2, 0.25) is 0 Å². The Morgan fingerprint density at radius 1 is 1.24 bits per heavy atom. The maximum absolute atomic E-state index is 12.2. The first-order valence-corrected chi connectivity index (χ1v) is 7.22. The van der Waals surface area contributed by atoms with Crippen LogP contribution in [0.1, 0.15) is 30.5 Å². The third kappa shape index (κ3) is 3.39. The van der Waals surface area contributed by atoms with Gasteiger partial charge in [-0.1, -0.05) is 37.6 Å². The second kappa shape index (κ2) is 6.22. The number of aliphatic hydroxyl groups excluding tert-OH is 1. The highest BCUT2D eigenvalue weighted by molar-refractivity contribution is 5.64. The summed E-state index contributed by atoms with van der Waals surface area (Å²) >= 11 is 0. The third-order valence-corrected chi connectivity index (χ3v) is 3.41. The molecule has 0 aliphatic rings. The maximum Gasteiger partial charge on any atom is 0.272 e. The minimum atomic E-state index is -0.267. The van der Waals surface area contributed by atoms with Crippen LogP contribution in [0.3, 0.4) is 0 Å². The van der Waals surface area contributed by atoms with Crippen molar-refractivity contribution in [3.63, 3.8) is 0 Å². The van der Waals surface area contributed by atoms with Crippen LogP contribution in [0.4, 0.5) is 0 Å². The highest BCUT2D eigenvalue weighted by Crippen LogP contribution is 2.22. The standard InChI is InChI=1S/C17H22N2O2/c1-11(2)9-19-17(21)14(10-20)8-16(18-19)15-6-5-12(3)7-13(15)4/h5-8,11,20H,9-10H2,1-4H3. The van der Waals surface area contributed by atoms with E-state index in [2.05, 4.69) is 11.2 Å². The molecule has 0 aliphatic carbocycles. The zero-order chi connectivity index (χ0) is 15.6. The molecule has 0 fully saturated rings. The van der Waals surface area contributed by atoms with E-state index >= 15 is 0 Å². The Hall–Kier alpha value is -1.94. The molecule has 1 aromatic carbocycles. The quantitative estimate of drug-likeness (QED) is 0.940. The molecule has 0 amide bonds. The Morgan fingerprint density at radius 3 is 2.52 bits per heavy atom. The van der Waals surface area contributed by atoms with Crippen molar-refractivity contribution in [3.8, 4) is 11.3 Å². The van der Waals surface area contributed by atoms with Gasteiger partial charge in [-0.25, -0.2) is 4.68 Å². The predicted octanol–water partition coefficient (Wildman–Crippen LogP) is 2.68. The second-order valence-electron chi connectivity index (χ2n) is 5.91. The molecule has 0 saturated carbocycles. The zero-order valence-electron chi connectivity index (χ0n) is 13.1. The Labute approximate surface area is 125 Å². The minimum absolute atomic E-state index is 0.209. The molecule has 0 radical (unpaired) electrons. The lowest BCUT2D eigenvalue weighted by atomic mass is 10.0. The van der Waals surface area contributed by atoms with Crippen molar-refractivity contribution in [2.24, 2.45) is 5.92 Å². The number of aromatic nitrogens is 2. The van der Waals surface area contributed by atoms with E-state index in [1.54, 1.807) is 6.07 Å². The molecule has 1 heterocycles. The smallest absolute Gasteiger partial charge is 0.272 e. The molecular weight excluding hydrogens is 264 g/mol. The molecule has 0 unspecified atom stereocenters. The van der Waals surface area contributed by atoms with Gasteiger partial charge >= 0.3 is 0 Å². The highest BCUT2D eigenvalue weighted by atomic mass is 16.3. The maximum atomic E-state index is 12.2. The van der Waals surface area contributed by atoms with Crippen LogP contribution in [0.2, 0.25) is 0 Å². The Balaban J connectivity index is 2.60. The van der Waals surface area contributed by atoms with Crippen molar-refractivity contribution >= 4 is 0 Å². The fourth-order valence-electron chi connectivity index (χ4n) is 2.41. The third-order valence-electron chi connectivity index (χ3n) is 3.41. The summed E-state index contributed by atoms with van der Waals surface area (Å²) in [6, 6.07) is 7.82. The van der Waals surface area contributed by atoms with Crippen LogP contribution in [0.25, 0.3) is 11.3 Å². The van der Waals surface area contributed by atoms with E-state index < -0.39 is 0 Å². The zero-order valence-corrected chi connectivity index (χ0v) is 13.1. The molecule has 1 aromatic heterocycles. The molecule has 0 aliphatic heterocycles. The van der Waals surface area contributed by atoms with Crippen LogP contribution in [0.5, 0.6) is 0 Å². The summed E-state index contributed by atoms with van der Waals surface area (Å²) in [5.41, 5.74) is 4.21. The molecule has 0 spiro atoms. The number of rotatable bonds is 4. The predicted molar refractivity (Wildman–Crippen MR) is 84.2 cm³/mol. The normalized spacial score (nSPS) is 11.1. The van der Waals surface area contributed by atoms with Crippen molar-refractivity contribution in [2.75, 3.05) is 0 Å². The van der Waals surface area contributed by atoms with Crippen LogP contribution >= 0.6 is 0 Å². The first-order chi connectivity index (χ1) is 9.92. The van der Waals surface area contributed by atoms with Gasteiger partial charge in [-0.3, -0.25) is 4.79 Å². The van der Waals surface area contributed by atoms with Gasteiger partial charge in [0.15, 0.2) is 0 Å². The average Bonchev–Trinajstić information content (AvgIpc) is 2.41. The molecular formula is C17H22N2O2. The van der Waals surface area contributed by atoms with Gasteiger partial charge in [-0.05, 0) is 31.4 Å². The van der Waals surface area contributed by atoms with Gasteiger partial charge < -0.3 is 5.11 Å². The van der Waals surface area contributed by atoms with Gasteiger partial charge in [0.1, 0.15) is 0 Å². The summed E-state index contributed by atoms with van der Waals surface area (Å²) in [5, 5.41) is 13.9. The highest BCUT2D eigenvalue weighted by Gasteiger charge is 2.12.